The molecule has 0 unspecified atom stereocenters. The first-order chi connectivity index (χ1) is 11.6. The van der Waals surface area contributed by atoms with Crippen LogP contribution in [0.25, 0.3) is 0 Å². The van der Waals surface area contributed by atoms with E-state index in [1.165, 1.54) is 0 Å². The Morgan fingerprint density at radius 2 is 1.79 bits per heavy atom. The number of benzene rings is 2. The monoisotopic (exact) mass is 345 g/mol. The predicted molar refractivity (Wildman–Crippen MR) is 94.0 cm³/mol. The zero-order valence-corrected chi connectivity index (χ0v) is 14.5. The molecule has 0 N–H and O–H groups in total. The number of hydrogen-bond acceptors (Lipinski definition) is 3. The largest absolute Gasteiger partial charge is 0.493 e. The van der Waals surface area contributed by atoms with Gasteiger partial charge in [-0.2, -0.15) is 0 Å². The first-order valence-electron chi connectivity index (χ1n) is 7.92. The van der Waals surface area contributed by atoms with Gasteiger partial charge in [-0.3, -0.25) is 4.79 Å². The van der Waals surface area contributed by atoms with Gasteiger partial charge in [0.05, 0.1) is 20.3 Å². The highest BCUT2D eigenvalue weighted by molar-refractivity contribution is 6.30. The molecular weight excluding hydrogens is 326 g/mol. The fourth-order valence-electron chi connectivity index (χ4n) is 3.17. The van der Waals surface area contributed by atoms with Gasteiger partial charge < -0.3 is 14.4 Å². The average molecular weight is 346 g/mol. The number of ether oxygens (including phenoxy) is 2. The molecule has 4 nitrogen and oxygen atoms in total. The molecule has 0 bridgehead atoms. The summed E-state index contributed by atoms with van der Waals surface area (Å²) < 4.78 is 10.7. The van der Waals surface area contributed by atoms with Gasteiger partial charge in [0.1, 0.15) is 0 Å². The van der Waals surface area contributed by atoms with Crippen molar-refractivity contribution in [3.63, 3.8) is 0 Å². The molecule has 2 aromatic rings. The second kappa shape index (κ2) is 7.14. The molecule has 0 radical (unpaired) electrons. The molecule has 2 aromatic carbocycles. The molecule has 1 amide bonds. The van der Waals surface area contributed by atoms with Crippen molar-refractivity contribution in [2.45, 2.75) is 18.9 Å². The molecule has 1 fully saturated rings. The first-order valence-corrected chi connectivity index (χ1v) is 8.30. The Kier molecular flexibility index (Phi) is 4.95. The molecular formula is C19H20ClNO3. The number of halogens is 1. The molecule has 24 heavy (non-hydrogen) atoms. The lowest BCUT2D eigenvalue weighted by Crippen LogP contribution is -2.30. The molecule has 3 rings (SSSR count). The average Bonchev–Trinajstić information content (AvgIpc) is 3.10. The topological polar surface area (TPSA) is 38.8 Å². The van der Waals surface area contributed by atoms with E-state index in [1.807, 2.05) is 23.1 Å². The van der Waals surface area contributed by atoms with E-state index < -0.39 is 0 Å². The Bertz CT molecular complexity index is 730. The van der Waals surface area contributed by atoms with Crippen molar-refractivity contribution in [3.05, 3.63) is 58.6 Å². The van der Waals surface area contributed by atoms with E-state index in [4.69, 9.17) is 21.1 Å². The van der Waals surface area contributed by atoms with Crippen LogP contribution in [0.4, 0.5) is 0 Å². The number of carbonyl (C=O) groups excluding carboxylic acids is 1. The van der Waals surface area contributed by atoms with E-state index in [2.05, 4.69) is 0 Å². The minimum atomic E-state index is 0.0314. The highest BCUT2D eigenvalue weighted by atomic mass is 35.5. The van der Waals surface area contributed by atoms with Crippen molar-refractivity contribution in [1.82, 2.24) is 4.90 Å². The molecule has 126 valence electrons. The molecule has 0 saturated carbocycles. The van der Waals surface area contributed by atoms with Crippen LogP contribution in [-0.4, -0.2) is 31.6 Å². The second-order valence-corrected chi connectivity index (χ2v) is 6.21. The molecule has 1 saturated heterocycles. The minimum Gasteiger partial charge on any atom is -0.493 e. The fourth-order valence-corrected chi connectivity index (χ4v) is 3.30. The van der Waals surface area contributed by atoms with Gasteiger partial charge in [-0.1, -0.05) is 17.7 Å². The molecule has 5 heteroatoms. The lowest BCUT2D eigenvalue weighted by Gasteiger charge is -2.26. The SMILES string of the molecule is COc1ccc([C@H]2CCCN2C(=O)c2ccc(Cl)cc2)cc1OC. The highest BCUT2D eigenvalue weighted by Crippen LogP contribution is 2.37. The van der Waals surface area contributed by atoms with Gasteiger partial charge in [0.15, 0.2) is 11.5 Å². The standard InChI is InChI=1S/C19H20ClNO3/c1-23-17-10-7-14(12-18(17)24-2)16-4-3-11-21(16)19(22)13-5-8-15(20)9-6-13/h5-10,12,16H,3-4,11H2,1-2H3/t16-/m1/s1. The van der Waals surface area contributed by atoms with Crippen molar-refractivity contribution in [3.8, 4) is 11.5 Å². The van der Waals surface area contributed by atoms with Crippen LogP contribution >= 0.6 is 11.6 Å². The van der Waals surface area contributed by atoms with Gasteiger partial charge in [0, 0.05) is 17.1 Å². The fraction of sp³-hybridized carbons (Fsp3) is 0.316. The summed E-state index contributed by atoms with van der Waals surface area (Å²) in [4.78, 5) is 14.8. The molecule has 0 aliphatic carbocycles. The van der Waals surface area contributed by atoms with Crippen LogP contribution in [-0.2, 0) is 0 Å². The Balaban J connectivity index is 1.87. The third-order valence-corrected chi connectivity index (χ3v) is 4.65. The summed E-state index contributed by atoms with van der Waals surface area (Å²) in [5.41, 5.74) is 1.72. The third kappa shape index (κ3) is 3.20. The van der Waals surface area contributed by atoms with Gasteiger partial charge in [-0.15, -0.1) is 0 Å². The number of nitrogens with zero attached hydrogens (tertiary/aromatic N) is 1. The van der Waals surface area contributed by atoms with Gasteiger partial charge in [-0.25, -0.2) is 0 Å². The van der Waals surface area contributed by atoms with Crippen molar-refractivity contribution in [2.24, 2.45) is 0 Å². The van der Waals surface area contributed by atoms with Crippen LogP contribution in [0.1, 0.15) is 34.8 Å². The van der Waals surface area contributed by atoms with Crippen molar-refractivity contribution >= 4 is 17.5 Å². The maximum Gasteiger partial charge on any atom is 0.254 e. The number of hydrogen-bond donors (Lipinski definition) is 0. The Morgan fingerprint density at radius 1 is 1.08 bits per heavy atom. The zero-order valence-electron chi connectivity index (χ0n) is 13.8. The van der Waals surface area contributed by atoms with E-state index in [1.54, 1.807) is 38.5 Å². The van der Waals surface area contributed by atoms with E-state index in [0.717, 1.165) is 24.9 Å². The number of methoxy groups -OCH3 is 2. The molecule has 1 atom stereocenters. The second-order valence-electron chi connectivity index (χ2n) is 5.78. The van der Waals surface area contributed by atoms with Crippen LogP contribution in [0.3, 0.4) is 0 Å². The molecule has 1 aliphatic rings. The molecule has 0 aromatic heterocycles. The minimum absolute atomic E-state index is 0.0314. The normalized spacial score (nSPS) is 17.0. The molecule has 1 heterocycles. The van der Waals surface area contributed by atoms with Crippen LogP contribution in [0.2, 0.25) is 5.02 Å². The summed E-state index contributed by atoms with van der Waals surface area (Å²) in [6.45, 7) is 0.750. The number of carbonyl (C=O) groups is 1. The maximum absolute atomic E-state index is 12.8. The van der Waals surface area contributed by atoms with E-state index in [-0.39, 0.29) is 11.9 Å². The summed E-state index contributed by atoms with van der Waals surface area (Å²) >= 11 is 5.91. The van der Waals surface area contributed by atoms with Gasteiger partial charge >= 0.3 is 0 Å². The predicted octanol–water partition coefficient (Wildman–Crippen LogP) is 4.33. The van der Waals surface area contributed by atoms with Gasteiger partial charge in [0.25, 0.3) is 5.91 Å². The summed E-state index contributed by atoms with van der Waals surface area (Å²) in [5, 5.41) is 0.629. The van der Waals surface area contributed by atoms with Crippen LogP contribution in [0, 0.1) is 0 Å². The van der Waals surface area contributed by atoms with E-state index in [9.17, 15) is 4.79 Å². The summed E-state index contributed by atoms with van der Waals surface area (Å²) in [6.07, 6.45) is 1.92. The smallest absolute Gasteiger partial charge is 0.254 e. The summed E-state index contributed by atoms with van der Waals surface area (Å²) in [5.74, 6) is 1.40. The third-order valence-electron chi connectivity index (χ3n) is 4.40. The summed E-state index contributed by atoms with van der Waals surface area (Å²) in [7, 11) is 3.23. The van der Waals surface area contributed by atoms with Gasteiger partial charge in [0.2, 0.25) is 0 Å². The quantitative estimate of drug-likeness (QED) is 0.827. The Labute approximate surface area is 146 Å². The number of rotatable bonds is 4. The first kappa shape index (κ1) is 16.7. The van der Waals surface area contributed by atoms with Crippen LogP contribution < -0.4 is 9.47 Å². The lowest BCUT2D eigenvalue weighted by molar-refractivity contribution is 0.0735. The van der Waals surface area contributed by atoms with Crippen LogP contribution in [0.15, 0.2) is 42.5 Å². The summed E-state index contributed by atoms with van der Waals surface area (Å²) in [6, 6.07) is 12.9. The van der Waals surface area contributed by atoms with Crippen molar-refractivity contribution in [2.75, 3.05) is 20.8 Å². The zero-order chi connectivity index (χ0) is 17.1. The Hall–Kier alpha value is -2.20. The van der Waals surface area contributed by atoms with E-state index >= 15 is 0 Å². The maximum atomic E-state index is 12.8. The number of amides is 1. The lowest BCUT2D eigenvalue weighted by atomic mass is 10.0. The van der Waals surface area contributed by atoms with Crippen molar-refractivity contribution in [1.29, 1.82) is 0 Å². The number of likely N-dealkylation sites (tertiary alicyclic amines) is 1. The molecule has 1 aliphatic heterocycles. The Morgan fingerprint density at radius 3 is 2.46 bits per heavy atom. The van der Waals surface area contributed by atoms with Gasteiger partial charge in [-0.05, 0) is 54.8 Å². The van der Waals surface area contributed by atoms with E-state index in [0.29, 0.717) is 22.1 Å². The van der Waals surface area contributed by atoms with Crippen molar-refractivity contribution < 1.29 is 14.3 Å². The molecule has 0 spiro atoms. The highest BCUT2D eigenvalue weighted by Gasteiger charge is 2.31. The van der Waals surface area contributed by atoms with Crippen LogP contribution in [0.5, 0.6) is 11.5 Å².